The molecule has 0 bridgehead atoms. The topological polar surface area (TPSA) is 25.8 Å². The molecule has 0 saturated heterocycles. The highest BCUT2D eigenvalue weighted by molar-refractivity contribution is 5.64. The maximum Gasteiger partial charge on any atom is 0.134 e. The summed E-state index contributed by atoms with van der Waals surface area (Å²) in [6, 6.07) is 10.5. The van der Waals surface area contributed by atoms with E-state index < -0.39 is 0 Å². The highest BCUT2D eigenvalue weighted by Gasteiger charge is 2.24. The molecule has 104 valence electrons. The first-order valence-electron chi connectivity index (χ1n) is 7.51. The van der Waals surface area contributed by atoms with Crippen LogP contribution in [-0.2, 0) is 18.3 Å². The molecule has 0 spiro atoms. The number of rotatable bonds is 1. The quantitative estimate of drug-likeness (QED) is 0.768. The van der Waals surface area contributed by atoms with Crippen molar-refractivity contribution in [3.8, 4) is 11.3 Å². The number of hydrogen-bond donors (Lipinski definition) is 0. The van der Waals surface area contributed by atoms with Gasteiger partial charge in [-0.1, -0.05) is 51.1 Å². The van der Waals surface area contributed by atoms with Crippen molar-refractivity contribution in [2.45, 2.75) is 51.9 Å². The summed E-state index contributed by atoms with van der Waals surface area (Å²) in [7, 11) is 0. The molecule has 1 aromatic carbocycles. The number of benzene rings is 1. The average Bonchev–Trinajstić information content (AvgIpc) is 2.46. The van der Waals surface area contributed by atoms with Gasteiger partial charge in [0.2, 0.25) is 0 Å². The summed E-state index contributed by atoms with van der Waals surface area (Å²) in [6.07, 6.45) is 4.72. The Morgan fingerprint density at radius 3 is 2.30 bits per heavy atom. The maximum absolute atomic E-state index is 4.92. The third kappa shape index (κ3) is 2.47. The van der Waals surface area contributed by atoms with Crippen molar-refractivity contribution in [1.82, 2.24) is 9.97 Å². The lowest BCUT2D eigenvalue weighted by atomic mass is 9.89. The van der Waals surface area contributed by atoms with E-state index in [4.69, 9.17) is 9.97 Å². The van der Waals surface area contributed by atoms with Gasteiger partial charge >= 0.3 is 0 Å². The summed E-state index contributed by atoms with van der Waals surface area (Å²) in [4.78, 5) is 9.78. The number of hydrogen-bond acceptors (Lipinski definition) is 2. The first-order chi connectivity index (χ1) is 9.55. The molecule has 0 saturated carbocycles. The van der Waals surface area contributed by atoms with Crippen LogP contribution in [0.3, 0.4) is 0 Å². The van der Waals surface area contributed by atoms with Crippen molar-refractivity contribution in [1.29, 1.82) is 0 Å². The molecule has 0 unspecified atom stereocenters. The van der Waals surface area contributed by atoms with Gasteiger partial charge in [0.1, 0.15) is 5.82 Å². The van der Waals surface area contributed by atoms with Gasteiger partial charge in [-0.3, -0.25) is 0 Å². The predicted octanol–water partition coefficient (Wildman–Crippen LogP) is 4.32. The van der Waals surface area contributed by atoms with Gasteiger partial charge in [-0.15, -0.1) is 0 Å². The summed E-state index contributed by atoms with van der Waals surface area (Å²) in [5, 5.41) is 0. The van der Waals surface area contributed by atoms with Crippen LogP contribution in [0.4, 0.5) is 0 Å². The highest BCUT2D eigenvalue weighted by Crippen LogP contribution is 2.31. The molecule has 2 nitrogen and oxygen atoms in total. The standard InChI is InChI=1S/C18H22N2/c1-18(2,3)17-19-15-12-8-7-11-14(15)16(20-17)13-9-5-4-6-10-13/h4-6,9-10H,7-8,11-12H2,1-3H3. The summed E-state index contributed by atoms with van der Waals surface area (Å²) in [5.74, 6) is 0.969. The normalized spacial score (nSPS) is 14.9. The molecular formula is C18H22N2. The molecule has 3 rings (SSSR count). The second kappa shape index (κ2) is 5.01. The predicted molar refractivity (Wildman–Crippen MR) is 82.8 cm³/mol. The van der Waals surface area contributed by atoms with E-state index in [0.29, 0.717) is 0 Å². The van der Waals surface area contributed by atoms with E-state index in [2.05, 4.69) is 51.1 Å². The lowest BCUT2D eigenvalue weighted by Gasteiger charge is -2.24. The third-order valence-corrected chi connectivity index (χ3v) is 3.90. The Hall–Kier alpha value is -1.70. The largest absolute Gasteiger partial charge is 0.237 e. The lowest BCUT2D eigenvalue weighted by Crippen LogP contribution is -2.20. The number of aryl methyl sites for hydroxylation is 1. The first kappa shape index (κ1) is 13.3. The zero-order valence-corrected chi connectivity index (χ0v) is 12.6. The second-order valence-corrected chi connectivity index (χ2v) is 6.64. The van der Waals surface area contributed by atoms with Crippen molar-refractivity contribution in [2.75, 3.05) is 0 Å². The molecule has 1 heterocycles. The number of nitrogens with zero attached hydrogens (tertiary/aromatic N) is 2. The average molecular weight is 266 g/mol. The van der Waals surface area contributed by atoms with E-state index in [9.17, 15) is 0 Å². The van der Waals surface area contributed by atoms with Crippen LogP contribution in [0.25, 0.3) is 11.3 Å². The van der Waals surface area contributed by atoms with E-state index in [1.165, 1.54) is 29.7 Å². The Balaban J connectivity index is 2.21. The van der Waals surface area contributed by atoms with E-state index >= 15 is 0 Å². The fourth-order valence-corrected chi connectivity index (χ4v) is 2.76. The van der Waals surface area contributed by atoms with Crippen LogP contribution in [0.15, 0.2) is 30.3 Å². The van der Waals surface area contributed by atoms with Gasteiger partial charge in [0, 0.05) is 22.2 Å². The van der Waals surface area contributed by atoms with Crippen molar-refractivity contribution < 1.29 is 0 Å². The van der Waals surface area contributed by atoms with Crippen LogP contribution in [0.1, 0.15) is 50.7 Å². The Labute approximate surface area is 121 Å². The molecule has 0 atom stereocenters. The van der Waals surface area contributed by atoms with Crippen LogP contribution in [-0.4, -0.2) is 9.97 Å². The Kier molecular flexibility index (Phi) is 3.33. The Morgan fingerprint density at radius 2 is 1.60 bits per heavy atom. The molecule has 1 aromatic heterocycles. The van der Waals surface area contributed by atoms with Gasteiger partial charge in [0.15, 0.2) is 0 Å². The molecule has 0 fully saturated rings. The number of fused-ring (bicyclic) bond motifs is 1. The van der Waals surface area contributed by atoms with Gasteiger partial charge in [0.05, 0.1) is 5.69 Å². The van der Waals surface area contributed by atoms with Crippen molar-refractivity contribution in [3.05, 3.63) is 47.4 Å². The molecule has 0 amide bonds. The second-order valence-electron chi connectivity index (χ2n) is 6.64. The van der Waals surface area contributed by atoms with Crippen molar-refractivity contribution in [3.63, 3.8) is 0 Å². The molecule has 2 heteroatoms. The molecule has 0 aliphatic heterocycles. The lowest BCUT2D eigenvalue weighted by molar-refractivity contribution is 0.533. The van der Waals surface area contributed by atoms with Crippen molar-refractivity contribution >= 4 is 0 Å². The van der Waals surface area contributed by atoms with Gasteiger partial charge in [-0.2, -0.15) is 0 Å². The summed E-state index contributed by atoms with van der Waals surface area (Å²) < 4.78 is 0. The zero-order valence-electron chi connectivity index (χ0n) is 12.6. The van der Waals surface area contributed by atoms with Crippen molar-refractivity contribution in [2.24, 2.45) is 0 Å². The monoisotopic (exact) mass is 266 g/mol. The van der Waals surface area contributed by atoms with E-state index in [-0.39, 0.29) is 5.41 Å². The summed E-state index contributed by atoms with van der Waals surface area (Å²) in [6.45, 7) is 6.56. The molecule has 0 N–H and O–H groups in total. The van der Waals surface area contributed by atoms with E-state index in [1.807, 2.05) is 0 Å². The highest BCUT2D eigenvalue weighted by atomic mass is 14.9. The Bertz CT molecular complexity index is 609. The molecule has 1 aliphatic rings. The smallest absolute Gasteiger partial charge is 0.134 e. The van der Waals surface area contributed by atoms with Gasteiger partial charge < -0.3 is 0 Å². The third-order valence-electron chi connectivity index (χ3n) is 3.90. The maximum atomic E-state index is 4.92. The summed E-state index contributed by atoms with van der Waals surface area (Å²) in [5.41, 5.74) is 5.01. The van der Waals surface area contributed by atoms with Crippen LogP contribution in [0.2, 0.25) is 0 Å². The van der Waals surface area contributed by atoms with Gasteiger partial charge in [-0.05, 0) is 25.7 Å². The molecule has 2 aromatic rings. The van der Waals surface area contributed by atoms with Gasteiger partial charge in [-0.25, -0.2) is 9.97 Å². The number of aromatic nitrogens is 2. The molecule has 20 heavy (non-hydrogen) atoms. The minimum absolute atomic E-state index is 0.00396. The van der Waals surface area contributed by atoms with Crippen LogP contribution < -0.4 is 0 Å². The first-order valence-corrected chi connectivity index (χ1v) is 7.51. The minimum atomic E-state index is -0.00396. The van der Waals surface area contributed by atoms with E-state index in [0.717, 1.165) is 24.4 Å². The fourth-order valence-electron chi connectivity index (χ4n) is 2.76. The van der Waals surface area contributed by atoms with Crippen LogP contribution in [0.5, 0.6) is 0 Å². The molecule has 0 radical (unpaired) electrons. The van der Waals surface area contributed by atoms with Crippen LogP contribution >= 0.6 is 0 Å². The minimum Gasteiger partial charge on any atom is -0.237 e. The fraction of sp³-hybridized carbons (Fsp3) is 0.444. The summed E-state index contributed by atoms with van der Waals surface area (Å²) >= 11 is 0. The molecule has 1 aliphatic carbocycles. The Morgan fingerprint density at radius 1 is 0.900 bits per heavy atom. The van der Waals surface area contributed by atoms with Crippen LogP contribution in [0, 0.1) is 0 Å². The van der Waals surface area contributed by atoms with Gasteiger partial charge in [0.25, 0.3) is 0 Å². The zero-order chi connectivity index (χ0) is 14.2. The van der Waals surface area contributed by atoms with E-state index in [1.54, 1.807) is 0 Å². The SMILES string of the molecule is CC(C)(C)c1nc2c(c(-c3ccccc3)n1)CCCC2. The molecular weight excluding hydrogens is 244 g/mol.